The molecule has 2 aromatic rings. The van der Waals surface area contributed by atoms with Gasteiger partial charge >= 0.3 is 0 Å². The monoisotopic (exact) mass is 469 g/mol. The molecule has 0 saturated carbocycles. The predicted molar refractivity (Wildman–Crippen MR) is 114 cm³/mol. The van der Waals surface area contributed by atoms with Crippen molar-refractivity contribution in [1.82, 2.24) is 15.6 Å². The van der Waals surface area contributed by atoms with Crippen molar-refractivity contribution in [3.05, 3.63) is 70.0 Å². The van der Waals surface area contributed by atoms with E-state index in [9.17, 15) is 10.1 Å². The maximum absolute atomic E-state index is 10.7. The van der Waals surface area contributed by atoms with Gasteiger partial charge in [0.25, 0.3) is 5.69 Å². The molecule has 0 bridgehead atoms. The van der Waals surface area contributed by atoms with E-state index < -0.39 is 4.92 Å². The number of nitrogens with zero attached hydrogens (tertiary/aromatic N) is 3. The topological polar surface area (TPSA) is 92.5 Å². The molecule has 0 saturated heterocycles. The first kappa shape index (κ1) is 21.8. The molecular formula is C18H24IN5O2. The molecule has 0 fully saturated rings. The van der Waals surface area contributed by atoms with E-state index in [-0.39, 0.29) is 29.7 Å². The smallest absolute Gasteiger partial charge is 0.269 e. The van der Waals surface area contributed by atoms with E-state index >= 15 is 0 Å². The Morgan fingerprint density at radius 2 is 1.92 bits per heavy atom. The molecular weight excluding hydrogens is 445 g/mol. The number of benzene rings is 1. The van der Waals surface area contributed by atoms with Gasteiger partial charge in [-0.05, 0) is 23.6 Å². The third-order valence-corrected chi connectivity index (χ3v) is 3.41. The predicted octanol–water partition coefficient (Wildman–Crippen LogP) is 3.50. The summed E-state index contributed by atoms with van der Waals surface area (Å²) in [5.74, 6) is 1.18. The Balaban J connectivity index is 0.00000338. The number of nitro benzene ring substituents is 1. The quantitative estimate of drug-likeness (QED) is 0.213. The van der Waals surface area contributed by atoms with E-state index in [1.54, 1.807) is 18.3 Å². The number of aliphatic imine (C=N–C) groups is 1. The molecule has 0 spiro atoms. The highest BCUT2D eigenvalue weighted by atomic mass is 127. The van der Waals surface area contributed by atoms with E-state index in [2.05, 4.69) is 34.5 Å². The molecule has 8 heteroatoms. The summed E-state index contributed by atoms with van der Waals surface area (Å²) in [5, 5.41) is 17.3. The Morgan fingerprint density at radius 1 is 1.19 bits per heavy atom. The fraction of sp³-hybridized carbons (Fsp3) is 0.333. The number of hydrogen-bond donors (Lipinski definition) is 2. The summed E-state index contributed by atoms with van der Waals surface area (Å²) in [5.41, 5.74) is 1.92. The van der Waals surface area contributed by atoms with Crippen LogP contribution in [0.1, 0.15) is 25.1 Å². The number of nitrogens with one attached hydrogen (secondary N) is 2. The van der Waals surface area contributed by atoms with Gasteiger partial charge in [-0.1, -0.05) is 32.0 Å². The third kappa shape index (κ3) is 7.77. The van der Waals surface area contributed by atoms with Crippen LogP contribution in [0.2, 0.25) is 0 Å². The third-order valence-electron chi connectivity index (χ3n) is 3.41. The van der Waals surface area contributed by atoms with Crippen molar-refractivity contribution in [2.75, 3.05) is 6.54 Å². The van der Waals surface area contributed by atoms with Crippen LogP contribution in [0.3, 0.4) is 0 Å². The molecule has 140 valence electrons. The average molecular weight is 469 g/mol. The first-order valence-corrected chi connectivity index (χ1v) is 8.20. The minimum absolute atomic E-state index is 0. The molecule has 0 amide bonds. The summed E-state index contributed by atoms with van der Waals surface area (Å²) in [6.07, 6.45) is 1.76. The maximum atomic E-state index is 10.7. The standard InChI is InChI=1S/C18H23N5O2.HI/c1-14(2)11-20-18(22-13-16-5-3-4-10-19-16)21-12-15-6-8-17(9-7-15)23(24)25;/h3-10,14H,11-13H2,1-2H3,(H2,20,21,22);1H. The van der Waals surface area contributed by atoms with Crippen molar-refractivity contribution in [2.45, 2.75) is 26.9 Å². The second-order valence-corrected chi connectivity index (χ2v) is 6.04. The zero-order chi connectivity index (χ0) is 18.1. The van der Waals surface area contributed by atoms with Crippen LogP contribution in [0.4, 0.5) is 5.69 Å². The molecule has 7 nitrogen and oxygen atoms in total. The molecule has 1 aromatic carbocycles. The average Bonchev–Trinajstić information content (AvgIpc) is 2.62. The summed E-state index contributed by atoms with van der Waals surface area (Å²) in [6.45, 7) is 6.06. The molecule has 1 heterocycles. The van der Waals surface area contributed by atoms with Crippen molar-refractivity contribution in [1.29, 1.82) is 0 Å². The highest BCUT2D eigenvalue weighted by Gasteiger charge is 2.05. The molecule has 1 aromatic heterocycles. The van der Waals surface area contributed by atoms with Crippen LogP contribution < -0.4 is 10.6 Å². The van der Waals surface area contributed by atoms with E-state index in [1.165, 1.54) is 12.1 Å². The van der Waals surface area contributed by atoms with E-state index in [1.807, 2.05) is 18.2 Å². The molecule has 2 rings (SSSR count). The Kier molecular flexibility index (Phi) is 9.56. The van der Waals surface area contributed by atoms with E-state index in [0.29, 0.717) is 25.0 Å². The first-order valence-electron chi connectivity index (χ1n) is 8.20. The second-order valence-electron chi connectivity index (χ2n) is 6.04. The van der Waals surface area contributed by atoms with Gasteiger partial charge in [-0.15, -0.1) is 24.0 Å². The Labute approximate surface area is 170 Å². The lowest BCUT2D eigenvalue weighted by molar-refractivity contribution is -0.384. The minimum Gasteiger partial charge on any atom is -0.356 e. The van der Waals surface area contributed by atoms with Crippen LogP contribution in [0.15, 0.2) is 53.7 Å². The van der Waals surface area contributed by atoms with Crippen LogP contribution in [0.25, 0.3) is 0 Å². The fourth-order valence-electron chi connectivity index (χ4n) is 2.05. The molecule has 2 N–H and O–H groups in total. The lowest BCUT2D eigenvalue weighted by atomic mass is 10.2. The summed E-state index contributed by atoms with van der Waals surface area (Å²) >= 11 is 0. The van der Waals surface area contributed by atoms with Gasteiger partial charge in [0.15, 0.2) is 5.96 Å². The molecule has 0 aliphatic carbocycles. The summed E-state index contributed by atoms with van der Waals surface area (Å²) in [7, 11) is 0. The zero-order valence-electron chi connectivity index (χ0n) is 14.9. The Bertz CT molecular complexity index is 705. The molecule has 0 radical (unpaired) electrons. The van der Waals surface area contributed by atoms with Gasteiger partial charge in [0.1, 0.15) is 0 Å². The molecule has 0 aliphatic heterocycles. The van der Waals surface area contributed by atoms with Gasteiger partial charge in [0, 0.05) is 24.9 Å². The molecule has 26 heavy (non-hydrogen) atoms. The highest BCUT2D eigenvalue weighted by Crippen LogP contribution is 2.12. The molecule has 0 atom stereocenters. The lowest BCUT2D eigenvalue weighted by Gasteiger charge is -2.14. The number of hydrogen-bond acceptors (Lipinski definition) is 4. The van der Waals surface area contributed by atoms with E-state index in [0.717, 1.165) is 17.8 Å². The van der Waals surface area contributed by atoms with Crippen LogP contribution in [-0.2, 0) is 13.1 Å². The van der Waals surface area contributed by atoms with Crippen molar-refractivity contribution >= 4 is 35.6 Å². The SMILES string of the molecule is CC(C)CNC(=NCc1ccc([N+](=O)[O-])cc1)NCc1ccccn1.I. The minimum atomic E-state index is -0.406. The van der Waals surface area contributed by atoms with Gasteiger partial charge in [-0.25, -0.2) is 4.99 Å². The molecule has 0 unspecified atom stereocenters. The number of rotatable bonds is 7. The normalized spacial score (nSPS) is 11.0. The summed E-state index contributed by atoms with van der Waals surface area (Å²) < 4.78 is 0. The molecule has 0 aliphatic rings. The zero-order valence-corrected chi connectivity index (χ0v) is 17.2. The first-order chi connectivity index (χ1) is 12.0. The number of halogens is 1. The van der Waals surface area contributed by atoms with Crippen LogP contribution >= 0.6 is 24.0 Å². The van der Waals surface area contributed by atoms with E-state index in [4.69, 9.17) is 0 Å². The van der Waals surface area contributed by atoms with Crippen molar-refractivity contribution in [2.24, 2.45) is 10.9 Å². The van der Waals surface area contributed by atoms with Crippen LogP contribution in [0, 0.1) is 16.0 Å². The maximum Gasteiger partial charge on any atom is 0.269 e. The van der Waals surface area contributed by atoms with Gasteiger partial charge < -0.3 is 10.6 Å². The van der Waals surface area contributed by atoms with Gasteiger partial charge in [-0.2, -0.15) is 0 Å². The van der Waals surface area contributed by atoms with Crippen LogP contribution in [-0.4, -0.2) is 22.4 Å². The largest absolute Gasteiger partial charge is 0.356 e. The number of guanidine groups is 1. The van der Waals surface area contributed by atoms with Gasteiger partial charge in [0.2, 0.25) is 0 Å². The van der Waals surface area contributed by atoms with Crippen molar-refractivity contribution in [3.8, 4) is 0 Å². The van der Waals surface area contributed by atoms with Crippen molar-refractivity contribution in [3.63, 3.8) is 0 Å². The number of aromatic nitrogens is 1. The Morgan fingerprint density at radius 3 is 2.50 bits per heavy atom. The summed E-state index contributed by atoms with van der Waals surface area (Å²) in [4.78, 5) is 19.1. The fourth-order valence-corrected chi connectivity index (χ4v) is 2.05. The highest BCUT2D eigenvalue weighted by molar-refractivity contribution is 14.0. The van der Waals surface area contributed by atoms with Gasteiger partial charge in [0.05, 0.1) is 23.7 Å². The van der Waals surface area contributed by atoms with Gasteiger partial charge in [-0.3, -0.25) is 15.1 Å². The second kappa shape index (κ2) is 11.4. The Hall–Kier alpha value is -2.23. The lowest BCUT2D eigenvalue weighted by Crippen LogP contribution is -2.39. The van der Waals surface area contributed by atoms with Crippen molar-refractivity contribution < 1.29 is 4.92 Å². The number of pyridine rings is 1. The number of non-ortho nitro benzene ring substituents is 1. The summed E-state index contributed by atoms with van der Waals surface area (Å²) in [6, 6.07) is 12.2. The number of nitro groups is 1. The van der Waals surface area contributed by atoms with Crippen LogP contribution in [0.5, 0.6) is 0 Å².